The molecule has 0 amide bonds. The lowest BCUT2D eigenvalue weighted by Gasteiger charge is -2.11. The molecule has 1 aromatic rings. The van der Waals surface area contributed by atoms with Crippen molar-refractivity contribution in [3.8, 4) is 0 Å². The molecule has 0 saturated carbocycles. The van der Waals surface area contributed by atoms with Crippen molar-refractivity contribution in [3.63, 3.8) is 0 Å². The van der Waals surface area contributed by atoms with Gasteiger partial charge in [0, 0.05) is 0 Å². The van der Waals surface area contributed by atoms with Gasteiger partial charge >= 0.3 is 0 Å². The van der Waals surface area contributed by atoms with E-state index >= 15 is 0 Å². The van der Waals surface area contributed by atoms with Crippen molar-refractivity contribution in [1.29, 1.82) is 0 Å². The number of benzene rings is 1. The van der Waals surface area contributed by atoms with Crippen molar-refractivity contribution >= 4 is 6.08 Å². The maximum absolute atomic E-state index is 8.82. The third-order valence-electron chi connectivity index (χ3n) is 2.65. The molecule has 0 unspecified atom stereocenters. The van der Waals surface area contributed by atoms with Crippen molar-refractivity contribution in [3.05, 3.63) is 40.5 Å². The Morgan fingerprint density at radius 1 is 1.13 bits per heavy atom. The summed E-state index contributed by atoms with van der Waals surface area (Å²) in [5.74, 6) is 0. The van der Waals surface area contributed by atoms with Gasteiger partial charge in [-0.1, -0.05) is 43.7 Å². The van der Waals surface area contributed by atoms with Crippen molar-refractivity contribution in [2.45, 2.75) is 33.6 Å². The molecule has 0 bridgehead atoms. The maximum atomic E-state index is 8.82. The van der Waals surface area contributed by atoms with Gasteiger partial charge in [-0.15, -0.1) is 0 Å². The smallest absolute Gasteiger partial charge is 0.0615 e. The molecule has 0 fully saturated rings. The fourth-order valence-corrected chi connectivity index (χ4v) is 1.92. The van der Waals surface area contributed by atoms with Crippen LogP contribution in [0.1, 0.15) is 36.1 Å². The van der Waals surface area contributed by atoms with Crippen molar-refractivity contribution < 1.29 is 5.11 Å². The standard InChI is InChI=1S/C14H20O/c1-4-12-9-11(3)10-13(5-2)14(12)7-6-8-15/h6-7,9-10,15H,4-5,8H2,1-3H3. The molecule has 0 aliphatic rings. The van der Waals surface area contributed by atoms with Crippen LogP contribution in [-0.4, -0.2) is 11.7 Å². The van der Waals surface area contributed by atoms with Gasteiger partial charge < -0.3 is 5.11 Å². The Kier molecular flexibility index (Phi) is 4.57. The van der Waals surface area contributed by atoms with Crippen LogP contribution in [0.5, 0.6) is 0 Å². The van der Waals surface area contributed by atoms with E-state index in [-0.39, 0.29) is 6.61 Å². The van der Waals surface area contributed by atoms with Gasteiger partial charge in [0.15, 0.2) is 0 Å². The summed E-state index contributed by atoms with van der Waals surface area (Å²) in [6.07, 6.45) is 5.93. The molecule has 1 nitrogen and oxygen atoms in total. The molecule has 0 saturated heterocycles. The number of aryl methyl sites for hydroxylation is 3. The molecule has 0 heterocycles. The highest BCUT2D eigenvalue weighted by Gasteiger charge is 2.04. The highest BCUT2D eigenvalue weighted by molar-refractivity contribution is 5.59. The van der Waals surface area contributed by atoms with Crippen LogP contribution in [0.4, 0.5) is 0 Å². The predicted molar refractivity (Wildman–Crippen MR) is 66.1 cm³/mol. The van der Waals surface area contributed by atoms with E-state index in [0.29, 0.717) is 0 Å². The fourth-order valence-electron chi connectivity index (χ4n) is 1.92. The zero-order chi connectivity index (χ0) is 11.3. The van der Waals surface area contributed by atoms with E-state index in [1.54, 1.807) is 0 Å². The lowest BCUT2D eigenvalue weighted by Crippen LogP contribution is -1.95. The van der Waals surface area contributed by atoms with Crippen LogP contribution in [0, 0.1) is 6.92 Å². The van der Waals surface area contributed by atoms with E-state index in [9.17, 15) is 0 Å². The van der Waals surface area contributed by atoms with Gasteiger partial charge in [0.1, 0.15) is 0 Å². The zero-order valence-electron chi connectivity index (χ0n) is 9.88. The summed E-state index contributed by atoms with van der Waals surface area (Å²) in [6.45, 7) is 6.59. The van der Waals surface area contributed by atoms with Crippen molar-refractivity contribution in [2.24, 2.45) is 0 Å². The van der Waals surface area contributed by atoms with Gasteiger partial charge in [0.25, 0.3) is 0 Å². The minimum atomic E-state index is 0.111. The summed E-state index contributed by atoms with van der Waals surface area (Å²) in [6, 6.07) is 4.46. The summed E-state index contributed by atoms with van der Waals surface area (Å²) in [4.78, 5) is 0. The second kappa shape index (κ2) is 5.72. The maximum Gasteiger partial charge on any atom is 0.0615 e. The average molecular weight is 204 g/mol. The molecule has 0 radical (unpaired) electrons. The Morgan fingerprint density at radius 2 is 1.67 bits per heavy atom. The van der Waals surface area contributed by atoms with E-state index in [4.69, 9.17) is 5.11 Å². The first-order chi connectivity index (χ1) is 7.22. The van der Waals surface area contributed by atoms with Crippen LogP contribution < -0.4 is 0 Å². The largest absolute Gasteiger partial charge is 0.392 e. The molecule has 0 aromatic heterocycles. The van der Waals surface area contributed by atoms with E-state index in [1.165, 1.54) is 22.3 Å². The molecule has 15 heavy (non-hydrogen) atoms. The number of hydrogen-bond donors (Lipinski definition) is 1. The summed E-state index contributed by atoms with van der Waals surface area (Å²) < 4.78 is 0. The van der Waals surface area contributed by atoms with Crippen LogP contribution in [0.15, 0.2) is 18.2 Å². The molecule has 0 aliphatic carbocycles. The zero-order valence-corrected chi connectivity index (χ0v) is 9.88. The Hall–Kier alpha value is -1.08. The first-order valence-electron chi connectivity index (χ1n) is 5.62. The van der Waals surface area contributed by atoms with Crippen LogP contribution >= 0.6 is 0 Å². The molecule has 1 heteroatoms. The highest BCUT2D eigenvalue weighted by atomic mass is 16.2. The third kappa shape index (κ3) is 2.93. The van der Waals surface area contributed by atoms with E-state index in [1.807, 2.05) is 12.2 Å². The monoisotopic (exact) mass is 204 g/mol. The number of hydrogen-bond acceptors (Lipinski definition) is 1. The lowest BCUT2D eigenvalue weighted by atomic mass is 9.94. The minimum Gasteiger partial charge on any atom is -0.392 e. The van der Waals surface area contributed by atoms with E-state index < -0.39 is 0 Å². The molecule has 1 rings (SSSR count). The normalized spacial score (nSPS) is 11.2. The Morgan fingerprint density at radius 3 is 2.07 bits per heavy atom. The van der Waals surface area contributed by atoms with Crippen LogP contribution in [0.3, 0.4) is 0 Å². The average Bonchev–Trinajstić information content (AvgIpc) is 2.26. The first-order valence-corrected chi connectivity index (χ1v) is 5.62. The summed E-state index contributed by atoms with van der Waals surface area (Å²) >= 11 is 0. The molecular weight excluding hydrogens is 184 g/mol. The molecule has 0 aliphatic heterocycles. The molecule has 0 spiro atoms. The molecule has 82 valence electrons. The predicted octanol–water partition coefficient (Wildman–Crippen LogP) is 3.13. The Bertz CT molecular complexity index is 325. The third-order valence-corrected chi connectivity index (χ3v) is 2.65. The quantitative estimate of drug-likeness (QED) is 0.799. The Balaban J connectivity index is 3.24. The van der Waals surface area contributed by atoms with Crippen molar-refractivity contribution in [1.82, 2.24) is 0 Å². The number of aliphatic hydroxyl groups is 1. The summed E-state index contributed by atoms with van der Waals surface area (Å²) in [5, 5.41) is 8.82. The number of rotatable bonds is 4. The molecule has 1 aromatic carbocycles. The fraction of sp³-hybridized carbons (Fsp3) is 0.429. The first kappa shape index (κ1) is 12.0. The van der Waals surface area contributed by atoms with Gasteiger partial charge in [-0.3, -0.25) is 0 Å². The summed E-state index contributed by atoms with van der Waals surface area (Å²) in [5.41, 5.74) is 5.36. The van der Waals surface area contributed by atoms with E-state index in [0.717, 1.165) is 12.8 Å². The molecule has 0 atom stereocenters. The second-order valence-electron chi connectivity index (χ2n) is 3.79. The second-order valence-corrected chi connectivity index (χ2v) is 3.79. The molecule has 1 N–H and O–H groups in total. The van der Waals surface area contributed by atoms with Crippen molar-refractivity contribution in [2.75, 3.05) is 6.61 Å². The van der Waals surface area contributed by atoms with E-state index in [2.05, 4.69) is 32.9 Å². The summed E-state index contributed by atoms with van der Waals surface area (Å²) in [7, 11) is 0. The topological polar surface area (TPSA) is 20.2 Å². The molecular formula is C14H20O. The highest BCUT2D eigenvalue weighted by Crippen LogP contribution is 2.20. The van der Waals surface area contributed by atoms with Gasteiger partial charge in [-0.25, -0.2) is 0 Å². The lowest BCUT2D eigenvalue weighted by molar-refractivity contribution is 0.343. The van der Waals surface area contributed by atoms with Crippen LogP contribution in [0.25, 0.3) is 6.08 Å². The van der Waals surface area contributed by atoms with Crippen LogP contribution in [-0.2, 0) is 12.8 Å². The van der Waals surface area contributed by atoms with Gasteiger partial charge in [-0.05, 0) is 36.5 Å². The van der Waals surface area contributed by atoms with Crippen LogP contribution in [0.2, 0.25) is 0 Å². The van der Waals surface area contributed by atoms with Gasteiger partial charge in [-0.2, -0.15) is 0 Å². The SMILES string of the molecule is CCc1cc(C)cc(CC)c1C=CCO. The Labute approximate surface area is 92.5 Å². The van der Waals surface area contributed by atoms with Gasteiger partial charge in [0.05, 0.1) is 6.61 Å². The van der Waals surface area contributed by atoms with Gasteiger partial charge in [0.2, 0.25) is 0 Å². The minimum absolute atomic E-state index is 0.111. The number of aliphatic hydroxyl groups excluding tert-OH is 1.